The van der Waals surface area contributed by atoms with Gasteiger partial charge in [-0.15, -0.1) is 0 Å². The number of benzene rings is 2. The average Bonchev–Trinajstić information content (AvgIpc) is 3.00. The van der Waals surface area contributed by atoms with E-state index in [1.165, 1.54) is 23.1 Å². The number of likely N-dealkylation sites (tertiary alicyclic amines) is 1. The van der Waals surface area contributed by atoms with Crippen molar-refractivity contribution in [3.05, 3.63) is 64.2 Å². The van der Waals surface area contributed by atoms with Gasteiger partial charge in [0.05, 0.1) is 23.2 Å². The number of aliphatic hydroxyl groups excluding tert-OH is 1. The summed E-state index contributed by atoms with van der Waals surface area (Å²) >= 11 is 6.30. The van der Waals surface area contributed by atoms with Gasteiger partial charge in [-0.05, 0) is 49.2 Å². The van der Waals surface area contributed by atoms with Gasteiger partial charge in [-0.1, -0.05) is 23.7 Å². The van der Waals surface area contributed by atoms with Crippen molar-refractivity contribution >= 4 is 29.1 Å². The Labute approximate surface area is 185 Å². The van der Waals surface area contributed by atoms with Crippen molar-refractivity contribution in [1.29, 1.82) is 0 Å². The van der Waals surface area contributed by atoms with E-state index in [1.807, 2.05) is 6.92 Å². The largest absolute Gasteiger partial charge is 0.508 e. The molecule has 0 aromatic heterocycles. The number of carbonyl (C=O) groups excluding carboxylic acids is 2. The Morgan fingerprint density at radius 3 is 2.52 bits per heavy atom. The number of nitrogens with zero attached hydrogens (tertiary/aromatic N) is 1. The molecule has 3 rings (SSSR count). The zero-order chi connectivity index (χ0) is 22.5. The molecule has 7 nitrogen and oxygen atoms in total. The molecule has 1 unspecified atom stereocenters. The summed E-state index contributed by atoms with van der Waals surface area (Å²) in [7, 11) is 1.55. The lowest BCUT2D eigenvalue weighted by Gasteiger charge is -2.25. The number of phenolic OH excluding ortho intramolecular Hbond substituents is 1. The summed E-state index contributed by atoms with van der Waals surface area (Å²) in [5, 5.41) is 21.0. The fraction of sp³-hybridized carbons (Fsp3) is 0.304. The molecule has 1 saturated heterocycles. The summed E-state index contributed by atoms with van der Waals surface area (Å²) in [6, 6.07) is 10.1. The lowest BCUT2D eigenvalue weighted by molar-refractivity contribution is -0.140. The van der Waals surface area contributed by atoms with Gasteiger partial charge in [-0.3, -0.25) is 9.59 Å². The number of methoxy groups -OCH3 is 1. The van der Waals surface area contributed by atoms with E-state index in [2.05, 4.69) is 0 Å². The lowest BCUT2D eigenvalue weighted by atomic mass is 9.95. The van der Waals surface area contributed by atoms with E-state index >= 15 is 0 Å². The van der Waals surface area contributed by atoms with E-state index in [0.717, 1.165) is 0 Å². The van der Waals surface area contributed by atoms with Gasteiger partial charge in [-0.25, -0.2) is 0 Å². The number of halogens is 1. The van der Waals surface area contributed by atoms with Crippen molar-refractivity contribution in [1.82, 2.24) is 4.90 Å². The van der Waals surface area contributed by atoms with Gasteiger partial charge in [0, 0.05) is 25.8 Å². The van der Waals surface area contributed by atoms with Crippen LogP contribution in [0.3, 0.4) is 0 Å². The molecule has 0 aliphatic carbocycles. The molecule has 0 spiro atoms. The number of aliphatic hydroxyl groups is 1. The Morgan fingerprint density at radius 1 is 1.16 bits per heavy atom. The average molecular weight is 446 g/mol. The summed E-state index contributed by atoms with van der Waals surface area (Å²) in [5.74, 6) is -1.37. The third-order valence-electron chi connectivity index (χ3n) is 5.00. The van der Waals surface area contributed by atoms with Crippen LogP contribution in [-0.4, -0.2) is 53.7 Å². The molecule has 164 valence electrons. The molecule has 0 bridgehead atoms. The minimum absolute atomic E-state index is 0.0487. The van der Waals surface area contributed by atoms with Crippen LogP contribution in [0.1, 0.15) is 30.5 Å². The monoisotopic (exact) mass is 445 g/mol. The molecule has 1 aliphatic heterocycles. The second-order valence-electron chi connectivity index (χ2n) is 7.01. The molecule has 0 radical (unpaired) electrons. The fourth-order valence-corrected chi connectivity index (χ4v) is 3.79. The van der Waals surface area contributed by atoms with E-state index < -0.39 is 17.7 Å². The SMILES string of the molecule is CCOc1ccc(Cl)c(/C(O)=C2\C(=O)C(=O)N(CCCOC)C2c2ccc(O)cc2)c1. The second kappa shape index (κ2) is 9.85. The first-order valence-corrected chi connectivity index (χ1v) is 10.3. The maximum absolute atomic E-state index is 13.0. The van der Waals surface area contributed by atoms with E-state index in [4.69, 9.17) is 21.1 Å². The van der Waals surface area contributed by atoms with Gasteiger partial charge < -0.3 is 24.6 Å². The van der Waals surface area contributed by atoms with Crippen LogP contribution >= 0.6 is 11.6 Å². The highest BCUT2D eigenvalue weighted by Gasteiger charge is 2.46. The fourth-order valence-electron chi connectivity index (χ4n) is 3.58. The third-order valence-corrected chi connectivity index (χ3v) is 5.33. The molecule has 1 amide bonds. The summed E-state index contributed by atoms with van der Waals surface area (Å²) < 4.78 is 10.5. The molecule has 0 saturated carbocycles. The van der Waals surface area contributed by atoms with Crippen molar-refractivity contribution in [2.75, 3.05) is 26.9 Å². The van der Waals surface area contributed by atoms with E-state index in [-0.39, 0.29) is 34.2 Å². The Hall–Kier alpha value is -3.03. The first kappa shape index (κ1) is 22.7. The van der Waals surface area contributed by atoms with Crippen LogP contribution in [0.15, 0.2) is 48.0 Å². The van der Waals surface area contributed by atoms with Crippen molar-refractivity contribution in [2.45, 2.75) is 19.4 Å². The molecule has 31 heavy (non-hydrogen) atoms. The third kappa shape index (κ3) is 4.68. The van der Waals surface area contributed by atoms with Crippen LogP contribution in [-0.2, 0) is 14.3 Å². The van der Waals surface area contributed by atoms with Gasteiger partial charge in [0.1, 0.15) is 17.3 Å². The second-order valence-corrected chi connectivity index (χ2v) is 7.41. The first-order chi connectivity index (χ1) is 14.9. The summed E-state index contributed by atoms with van der Waals surface area (Å²) in [5.41, 5.74) is 0.711. The molecule has 1 fully saturated rings. The van der Waals surface area contributed by atoms with E-state index in [0.29, 0.717) is 30.9 Å². The molecular weight excluding hydrogens is 422 g/mol. The van der Waals surface area contributed by atoms with Crippen molar-refractivity contribution < 1.29 is 29.3 Å². The number of ether oxygens (including phenoxy) is 2. The van der Waals surface area contributed by atoms with Crippen LogP contribution in [0.2, 0.25) is 5.02 Å². The standard InChI is InChI=1S/C23H24ClNO6/c1-3-31-16-9-10-18(24)17(13-16)21(27)19-20(14-5-7-15(26)8-6-14)25(11-4-12-30-2)23(29)22(19)28/h5-10,13,20,26-27H,3-4,11-12H2,1-2H3/b21-19+. The molecule has 1 heterocycles. The summed E-state index contributed by atoms with van der Waals surface area (Å²) in [6.45, 7) is 2.91. The van der Waals surface area contributed by atoms with Gasteiger partial charge in [-0.2, -0.15) is 0 Å². The minimum atomic E-state index is -0.829. The predicted octanol–water partition coefficient (Wildman–Crippen LogP) is 3.90. The Bertz CT molecular complexity index is 1000. The van der Waals surface area contributed by atoms with Crippen LogP contribution < -0.4 is 4.74 Å². The quantitative estimate of drug-likeness (QED) is 0.277. The Morgan fingerprint density at radius 2 is 1.87 bits per heavy atom. The predicted molar refractivity (Wildman–Crippen MR) is 116 cm³/mol. The highest BCUT2D eigenvalue weighted by Crippen LogP contribution is 2.41. The van der Waals surface area contributed by atoms with Crippen molar-refractivity contribution in [2.24, 2.45) is 0 Å². The number of Topliss-reactive ketones (excluding diaryl/α,β-unsaturated/α-hetero) is 1. The minimum Gasteiger partial charge on any atom is -0.508 e. The van der Waals surface area contributed by atoms with Crippen LogP contribution in [0.4, 0.5) is 0 Å². The van der Waals surface area contributed by atoms with Gasteiger partial charge in [0.2, 0.25) is 0 Å². The zero-order valence-corrected chi connectivity index (χ0v) is 18.1. The smallest absolute Gasteiger partial charge is 0.295 e. The van der Waals surface area contributed by atoms with E-state index in [9.17, 15) is 19.8 Å². The molecule has 2 N–H and O–H groups in total. The summed E-state index contributed by atoms with van der Waals surface area (Å²) in [4.78, 5) is 27.2. The normalized spacial score (nSPS) is 17.9. The van der Waals surface area contributed by atoms with Crippen LogP contribution in [0.25, 0.3) is 5.76 Å². The summed E-state index contributed by atoms with van der Waals surface area (Å²) in [6.07, 6.45) is 0.513. The number of rotatable bonds is 8. The van der Waals surface area contributed by atoms with Crippen molar-refractivity contribution in [3.63, 3.8) is 0 Å². The number of phenols is 1. The maximum Gasteiger partial charge on any atom is 0.295 e. The first-order valence-electron chi connectivity index (χ1n) is 9.88. The Kier molecular flexibility index (Phi) is 7.20. The molecule has 1 atom stereocenters. The zero-order valence-electron chi connectivity index (χ0n) is 17.3. The van der Waals surface area contributed by atoms with Gasteiger partial charge in [0.15, 0.2) is 0 Å². The number of ketones is 1. The Balaban J connectivity index is 2.15. The molecule has 2 aromatic carbocycles. The van der Waals surface area contributed by atoms with Crippen LogP contribution in [0.5, 0.6) is 11.5 Å². The number of hydrogen-bond donors (Lipinski definition) is 2. The number of hydrogen-bond acceptors (Lipinski definition) is 6. The highest BCUT2D eigenvalue weighted by molar-refractivity contribution is 6.47. The van der Waals surface area contributed by atoms with Crippen LogP contribution in [0, 0.1) is 0 Å². The van der Waals surface area contributed by atoms with Gasteiger partial charge in [0.25, 0.3) is 11.7 Å². The molecule has 8 heteroatoms. The molecule has 1 aliphatic rings. The van der Waals surface area contributed by atoms with Crippen molar-refractivity contribution in [3.8, 4) is 11.5 Å². The number of amides is 1. The molecular formula is C23H24ClNO6. The molecule has 2 aromatic rings. The highest BCUT2D eigenvalue weighted by atomic mass is 35.5. The topological polar surface area (TPSA) is 96.3 Å². The van der Waals surface area contributed by atoms with E-state index in [1.54, 1.807) is 31.4 Å². The number of carbonyl (C=O) groups is 2. The lowest BCUT2D eigenvalue weighted by Crippen LogP contribution is -2.31. The van der Waals surface area contributed by atoms with Gasteiger partial charge >= 0.3 is 0 Å². The number of aromatic hydroxyl groups is 1. The maximum atomic E-state index is 13.0.